The zero-order valence-electron chi connectivity index (χ0n) is 12.4. The lowest BCUT2D eigenvalue weighted by molar-refractivity contribution is 0.211. The molecule has 3 heteroatoms. The van der Waals surface area contributed by atoms with Crippen molar-refractivity contribution in [2.75, 3.05) is 6.54 Å². The molecule has 110 valence electrons. The molecule has 2 N–H and O–H groups in total. The first kappa shape index (κ1) is 13.4. The molecule has 1 aromatic heterocycles. The molecule has 0 aliphatic carbocycles. The van der Waals surface area contributed by atoms with Gasteiger partial charge in [0.25, 0.3) is 0 Å². The van der Waals surface area contributed by atoms with Gasteiger partial charge in [-0.2, -0.15) is 0 Å². The van der Waals surface area contributed by atoms with Crippen LogP contribution < -0.4 is 5.73 Å². The summed E-state index contributed by atoms with van der Waals surface area (Å²) >= 11 is 0. The topological polar surface area (TPSA) is 42.1 Å². The van der Waals surface area contributed by atoms with Gasteiger partial charge in [0.15, 0.2) is 0 Å². The summed E-state index contributed by atoms with van der Waals surface area (Å²) in [5.41, 5.74) is 10.2. The van der Waals surface area contributed by atoms with E-state index in [4.69, 9.17) is 5.73 Å². The predicted molar refractivity (Wildman–Crippen MR) is 89.2 cm³/mol. The number of pyridine rings is 1. The van der Waals surface area contributed by atoms with Crippen molar-refractivity contribution in [1.82, 2.24) is 9.88 Å². The van der Waals surface area contributed by atoms with Crippen LogP contribution in [0.15, 0.2) is 60.9 Å². The molecule has 0 bridgehead atoms. The highest BCUT2D eigenvalue weighted by molar-refractivity contribution is 5.87. The monoisotopic (exact) mass is 289 g/mol. The molecule has 4 rings (SSSR count). The fraction of sp³-hybridized carbons (Fsp3) is 0.211. The number of rotatable bonds is 3. The maximum absolute atomic E-state index is 6.08. The number of nitrogens with zero attached hydrogens (tertiary/aromatic N) is 2. The van der Waals surface area contributed by atoms with E-state index in [0.717, 1.165) is 13.1 Å². The number of hydrogen-bond acceptors (Lipinski definition) is 3. The second kappa shape index (κ2) is 5.52. The molecule has 1 unspecified atom stereocenters. The van der Waals surface area contributed by atoms with Crippen molar-refractivity contribution in [2.24, 2.45) is 5.73 Å². The number of benzene rings is 2. The number of fused-ring (bicyclic) bond motifs is 3. The standard InChI is InChI=1S/C19H19N3/c20-11-19-17-6-5-15-3-1-2-4-16(15)18(17)13-22(19)12-14-7-9-21-10-8-14/h1-10,19H,11-13,20H2. The fourth-order valence-corrected chi connectivity index (χ4v) is 3.52. The Kier molecular flexibility index (Phi) is 3.37. The quantitative estimate of drug-likeness (QED) is 0.805. The normalized spacial score (nSPS) is 17.8. The van der Waals surface area contributed by atoms with Gasteiger partial charge in [0.05, 0.1) is 0 Å². The molecular weight excluding hydrogens is 270 g/mol. The zero-order chi connectivity index (χ0) is 14.9. The predicted octanol–water partition coefficient (Wildman–Crippen LogP) is 3.25. The van der Waals surface area contributed by atoms with Crippen molar-refractivity contribution in [3.63, 3.8) is 0 Å². The molecular formula is C19H19N3. The van der Waals surface area contributed by atoms with Gasteiger partial charge in [-0.3, -0.25) is 9.88 Å². The SMILES string of the molecule is NCC1c2ccc3ccccc3c2CN1Cc1ccncc1. The number of aromatic nitrogens is 1. The lowest BCUT2D eigenvalue weighted by Crippen LogP contribution is -2.27. The maximum atomic E-state index is 6.08. The van der Waals surface area contributed by atoms with E-state index in [1.807, 2.05) is 12.4 Å². The minimum Gasteiger partial charge on any atom is -0.329 e. The van der Waals surface area contributed by atoms with Crippen molar-refractivity contribution in [2.45, 2.75) is 19.1 Å². The third-order valence-corrected chi connectivity index (χ3v) is 4.60. The first-order valence-corrected chi connectivity index (χ1v) is 7.70. The first-order valence-electron chi connectivity index (χ1n) is 7.70. The summed E-state index contributed by atoms with van der Waals surface area (Å²) in [6.45, 7) is 2.52. The molecule has 2 heterocycles. The van der Waals surface area contributed by atoms with Crippen LogP contribution >= 0.6 is 0 Å². The largest absolute Gasteiger partial charge is 0.329 e. The third-order valence-electron chi connectivity index (χ3n) is 4.60. The minimum atomic E-state index is 0.299. The molecule has 0 saturated carbocycles. The third kappa shape index (κ3) is 2.19. The first-order chi connectivity index (χ1) is 10.9. The Bertz CT molecular complexity index is 798. The summed E-state index contributed by atoms with van der Waals surface area (Å²) in [6.07, 6.45) is 3.71. The summed E-state index contributed by atoms with van der Waals surface area (Å²) in [6, 6.07) is 17.5. The molecule has 0 saturated heterocycles. The molecule has 1 atom stereocenters. The molecule has 3 nitrogen and oxygen atoms in total. The van der Waals surface area contributed by atoms with Gasteiger partial charge in [-0.15, -0.1) is 0 Å². The summed E-state index contributed by atoms with van der Waals surface area (Å²) in [4.78, 5) is 6.56. The van der Waals surface area contributed by atoms with Gasteiger partial charge < -0.3 is 5.73 Å². The van der Waals surface area contributed by atoms with Crippen molar-refractivity contribution in [3.05, 3.63) is 77.6 Å². The van der Waals surface area contributed by atoms with Crippen LogP contribution in [0.5, 0.6) is 0 Å². The smallest absolute Gasteiger partial charge is 0.0480 e. The summed E-state index contributed by atoms with van der Waals surface area (Å²) in [7, 11) is 0. The Morgan fingerprint density at radius 1 is 1.05 bits per heavy atom. The van der Waals surface area contributed by atoms with Gasteiger partial charge in [-0.05, 0) is 39.6 Å². The van der Waals surface area contributed by atoms with Crippen LogP contribution in [0.3, 0.4) is 0 Å². The van der Waals surface area contributed by atoms with Crippen LogP contribution in [-0.2, 0) is 13.1 Å². The van der Waals surface area contributed by atoms with Gasteiger partial charge in [0.2, 0.25) is 0 Å². The molecule has 0 amide bonds. The highest BCUT2D eigenvalue weighted by Gasteiger charge is 2.30. The number of nitrogens with two attached hydrogens (primary N) is 1. The molecule has 0 spiro atoms. The van der Waals surface area contributed by atoms with Gasteiger partial charge in [-0.1, -0.05) is 36.4 Å². The lowest BCUT2D eigenvalue weighted by atomic mass is 9.98. The van der Waals surface area contributed by atoms with Gasteiger partial charge in [0, 0.05) is 38.1 Å². The van der Waals surface area contributed by atoms with E-state index >= 15 is 0 Å². The van der Waals surface area contributed by atoms with Crippen molar-refractivity contribution in [3.8, 4) is 0 Å². The van der Waals surface area contributed by atoms with E-state index in [9.17, 15) is 0 Å². The lowest BCUT2D eigenvalue weighted by Gasteiger charge is -2.23. The summed E-state index contributed by atoms with van der Waals surface area (Å²) < 4.78 is 0. The van der Waals surface area contributed by atoms with Crippen LogP contribution in [0, 0.1) is 0 Å². The van der Waals surface area contributed by atoms with Crippen molar-refractivity contribution < 1.29 is 0 Å². The minimum absolute atomic E-state index is 0.299. The Labute approximate surface area is 130 Å². The zero-order valence-corrected chi connectivity index (χ0v) is 12.4. The number of hydrogen-bond donors (Lipinski definition) is 1. The van der Waals surface area contributed by atoms with E-state index < -0.39 is 0 Å². The van der Waals surface area contributed by atoms with Crippen molar-refractivity contribution >= 4 is 10.8 Å². The molecule has 22 heavy (non-hydrogen) atoms. The van der Waals surface area contributed by atoms with E-state index in [1.165, 1.54) is 27.5 Å². The van der Waals surface area contributed by atoms with Crippen LogP contribution in [0.2, 0.25) is 0 Å². The van der Waals surface area contributed by atoms with Crippen molar-refractivity contribution in [1.29, 1.82) is 0 Å². The molecule has 3 aromatic rings. The molecule has 2 aromatic carbocycles. The molecule has 1 aliphatic rings. The summed E-state index contributed by atoms with van der Waals surface area (Å²) in [5, 5.41) is 2.67. The molecule has 0 radical (unpaired) electrons. The Morgan fingerprint density at radius 3 is 2.68 bits per heavy atom. The Morgan fingerprint density at radius 2 is 1.86 bits per heavy atom. The highest BCUT2D eigenvalue weighted by atomic mass is 15.2. The Hall–Kier alpha value is -2.23. The van der Waals surface area contributed by atoms with E-state index in [2.05, 4.69) is 58.4 Å². The average molecular weight is 289 g/mol. The van der Waals surface area contributed by atoms with Crippen LogP contribution in [0.25, 0.3) is 10.8 Å². The Balaban J connectivity index is 1.73. The fourth-order valence-electron chi connectivity index (χ4n) is 3.52. The van der Waals surface area contributed by atoms with Crippen LogP contribution in [0.4, 0.5) is 0 Å². The molecule has 1 aliphatic heterocycles. The highest BCUT2D eigenvalue weighted by Crippen LogP contribution is 2.38. The van der Waals surface area contributed by atoms with Gasteiger partial charge in [-0.25, -0.2) is 0 Å². The molecule has 0 fully saturated rings. The van der Waals surface area contributed by atoms with E-state index in [-0.39, 0.29) is 0 Å². The van der Waals surface area contributed by atoms with Crippen LogP contribution in [-0.4, -0.2) is 16.4 Å². The van der Waals surface area contributed by atoms with Gasteiger partial charge >= 0.3 is 0 Å². The average Bonchev–Trinajstić information content (AvgIpc) is 2.93. The summed E-state index contributed by atoms with van der Waals surface area (Å²) in [5.74, 6) is 0. The second-order valence-electron chi connectivity index (χ2n) is 5.87. The van der Waals surface area contributed by atoms with E-state index in [0.29, 0.717) is 12.6 Å². The van der Waals surface area contributed by atoms with E-state index in [1.54, 1.807) is 0 Å². The maximum Gasteiger partial charge on any atom is 0.0480 e. The second-order valence-corrected chi connectivity index (χ2v) is 5.87. The van der Waals surface area contributed by atoms with Crippen LogP contribution in [0.1, 0.15) is 22.7 Å². The van der Waals surface area contributed by atoms with Gasteiger partial charge in [0.1, 0.15) is 0 Å².